The van der Waals surface area contributed by atoms with E-state index < -0.39 is 6.09 Å². The van der Waals surface area contributed by atoms with Crippen molar-refractivity contribution < 1.29 is 9.90 Å². The van der Waals surface area contributed by atoms with Crippen LogP contribution in [0.25, 0.3) is 0 Å². The average Bonchev–Trinajstić information content (AvgIpc) is 3.16. The average molecular weight is 380 g/mol. The Hall–Kier alpha value is -3.34. The monoisotopic (exact) mass is 380 g/mol. The maximum atomic E-state index is 10.7. The van der Waals surface area contributed by atoms with Gasteiger partial charge in [-0.2, -0.15) is 10.2 Å². The van der Waals surface area contributed by atoms with Crippen molar-refractivity contribution in [2.24, 2.45) is 5.92 Å². The van der Waals surface area contributed by atoms with Crippen LogP contribution in [0.4, 0.5) is 22.2 Å². The van der Waals surface area contributed by atoms with Crippen molar-refractivity contribution in [2.75, 3.05) is 29.9 Å². The molecule has 0 radical (unpaired) electrons. The van der Waals surface area contributed by atoms with Crippen LogP contribution in [0.3, 0.4) is 0 Å². The number of nitriles is 1. The molecule has 3 rings (SSSR count). The summed E-state index contributed by atoms with van der Waals surface area (Å²) < 4.78 is 0. The highest BCUT2D eigenvalue weighted by Crippen LogP contribution is 2.25. The summed E-state index contributed by atoms with van der Waals surface area (Å²) in [6, 6.07) is 11.3. The van der Waals surface area contributed by atoms with E-state index in [4.69, 9.17) is 10.4 Å². The van der Waals surface area contributed by atoms with Gasteiger partial charge in [-0.1, -0.05) is 19.4 Å². The maximum absolute atomic E-state index is 10.7. The minimum atomic E-state index is -0.989. The lowest BCUT2D eigenvalue weighted by atomic mass is 10.1. The Labute approximate surface area is 164 Å². The van der Waals surface area contributed by atoms with E-state index in [1.54, 1.807) is 12.1 Å². The van der Waals surface area contributed by atoms with Gasteiger partial charge in [-0.15, -0.1) is 0 Å². The van der Waals surface area contributed by atoms with E-state index in [2.05, 4.69) is 38.5 Å². The zero-order valence-electron chi connectivity index (χ0n) is 15.9. The first-order valence-corrected chi connectivity index (χ1v) is 9.44. The number of aryl methyl sites for hydroxylation is 1. The molecular formula is C20H24N6O2. The van der Waals surface area contributed by atoms with Gasteiger partial charge < -0.3 is 20.6 Å². The molecule has 1 fully saturated rings. The van der Waals surface area contributed by atoms with E-state index in [1.165, 1.54) is 0 Å². The Bertz CT molecular complexity index is 879. The number of carbonyl (C=O) groups is 1. The van der Waals surface area contributed by atoms with Gasteiger partial charge in [-0.25, -0.2) is 9.78 Å². The first kappa shape index (κ1) is 19.4. The lowest BCUT2D eigenvalue weighted by molar-refractivity contribution is 0.192. The van der Waals surface area contributed by atoms with E-state index in [-0.39, 0.29) is 5.92 Å². The number of anilines is 3. The van der Waals surface area contributed by atoms with Crippen molar-refractivity contribution in [2.45, 2.75) is 26.2 Å². The van der Waals surface area contributed by atoms with Crippen molar-refractivity contribution in [3.63, 3.8) is 0 Å². The number of hydrogen-bond acceptors (Lipinski definition) is 6. The molecule has 146 valence electrons. The van der Waals surface area contributed by atoms with Crippen LogP contribution in [0.1, 0.15) is 31.0 Å². The third-order valence-electron chi connectivity index (χ3n) is 4.67. The maximum Gasteiger partial charge on any atom is 0.404 e. The molecular weight excluding hydrogens is 356 g/mol. The molecule has 3 N–H and O–H groups in total. The molecule has 1 atom stereocenters. The van der Waals surface area contributed by atoms with Gasteiger partial charge in [0.05, 0.1) is 11.6 Å². The molecule has 1 aliphatic rings. The lowest BCUT2D eigenvalue weighted by Crippen LogP contribution is -2.30. The molecule has 1 aromatic heterocycles. The normalized spacial score (nSPS) is 15.9. The van der Waals surface area contributed by atoms with Crippen molar-refractivity contribution in [1.82, 2.24) is 15.3 Å². The van der Waals surface area contributed by atoms with Crippen molar-refractivity contribution in [3.8, 4) is 6.07 Å². The number of rotatable bonds is 7. The molecule has 1 unspecified atom stereocenters. The number of carboxylic acid groups (broad SMARTS) is 1. The molecule has 0 spiro atoms. The van der Waals surface area contributed by atoms with Crippen molar-refractivity contribution >= 4 is 23.5 Å². The Morgan fingerprint density at radius 3 is 3.00 bits per heavy atom. The summed E-state index contributed by atoms with van der Waals surface area (Å²) in [5.41, 5.74) is 2.30. The number of nitrogens with one attached hydrogen (secondary N) is 2. The largest absolute Gasteiger partial charge is 0.465 e. The second-order valence-electron chi connectivity index (χ2n) is 6.90. The van der Waals surface area contributed by atoms with Gasteiger partial charge in [0.15, 0.2) is 0 Å². The Morgan fingerprint density at radius 1 is 1.39 bits per heavy atom. The van der Waals surface area contributed by atoms with Crippen LogP contribution in [0.2, 0.25) is 0 Å². The smallest absolute Gasteiger partial charge is 0.404 e. The first-order valence-electron chi connectivity index (χ1n) is 9.44. The summed E-state index contributed by atoms with van der Waals surface area (Å²) in [6.07, 6.45) is 1.75. The highest BCUT2D eigenvalue weighted by atomic mass is 16.4. The molecule has 28 heavy (non-hydrogen) atoms. The molecule has 1 amide bonds. The summed E-state index contributed by atoms with van der Waals surface area (Å²) in [7, 11) is 0. The van der Waals surface area contributed by atoms with Crippen LogP contribution >= 0.6 is 0 Å². The first-order chi connectivity index (χ1) is 13.6. The number of amides is 1. The van der Waals surface area contributed by atoms with E-state index >= 15 is 0 Å². The zero-order chi connectivity index (χ0) is 19.9. The Balaban J connectivity index is 1.78. The lowest BCUT2D eigenvalue weighted by Gasteiger charge is -2.19. The summed E-state index contributed by atoms with van der Waals surface area (Å²) in [5, 5.41) is 23.5. The molecule has 8 heteroatoms. The molecule has 2 heterocycles. The minimum absolute atomic E-state index is 0.268. The standard InChI is InChI=1S/C20H24N6O2/c1-2-4-16-10-18(26-8-7-15(13-26)12-22-20(27)28)25-19(23-16)24-17-6-3-5-14(9-17)11-21/h3,5-6,9-10,15,22H,2,4,7-8,12-13H2,1H3,(H,27,28)(H,23,24,25). The number of nitrogens with zero attached hydrogens (tertiary/aromatic N) is 4. The molecule has 1 aromatic carbocycles. The summed E-state index contributed by atoms with van der Waals surface area (Å²) in [6.45, 7) is 4.14. The summed E-state index contributed by atoms with van der Waals surface area (Å²) in [5.74, 6) is 1.61. The second-order valence-corrected chi connectivity index (χ2v) is 6.90. The van der Waals surface area contributed by atoms with Gasteiger partial charge in [0.25, 0.3) is 0 Å². The fourth-order valence-corrected chi connectivity index (χ4v) is 3.32. The molecule has 1 aliphatic heterocycles. The van der Waals surface area contributed by atoms with Crippen LogP contribution in [-0.4, -0.2) is 40.8 Å². The molecule has 0 aliphatic carbocycles. The van der Waals surface area contributed by atoms with Crippen LogP contribution in [0.15, 0.2) is 30.3 Å². The molecule has 1 saturated heterocycles. The second kappa shape index (κ2) is 9.04. The third kappa shape index (κ3) is 5.10. The van der Waals surface area contributed by atoms with Gasteiger partial charge in [0.2, 0.25) is 5.95 Å². The van der Waals surface area contributed by atoms with Gasteiger partial charge >= 0.3 is 6.09 Å². The van der Waals surface area contributed by atoms with E-state index in [0.717, 1.165) is 49.6 Å². The fourth-order valence-electron chi connectivity index (χ4n) is 3.32. The molecule has 0 saturated carbocycles. The predicted molar refractivity (Wildman–Crippen MR) is 107 cm³/mol. The fraction of sp³-hybridized carbons (Fsp3) is 0.400. The van der Waals surface area contributed by atoms with Gasteiger partial charge in [-0.05, 0) is 37.0 Å². The van der Waals surface area contributed by atoms with E-state index in [0.29, 0.717) is 18.1 Å². The number of aromatic nitrogens is 2. The van der Waals surface area contributed by atoms with E-state index in [9.17, 15) is 4.79 Å². The van der Waals surface area contributed by atoms with Gasteiger partial charge in [0, 0.05) is 37.1 Å². The minimum Gasteiger partial charge on any atom is -0.465 e. The number of benzene rings is 1. The Morgan fingerprint density at radius 2 is 2.25 bits per heavy atom. The third-order valence-corrected chi connectivity index (χ3v) is 4.67. The van der Waals surface area contributed by atoms with Gasteiger partial charge in [0.1, 0.15) is 5.82 Å². The highest BCUT2D eigenvalue weighted by molar-refractivity contribution is 5.64. The van der Waals surface area contributed by atoms with Crippen LogP contribution in [0, 0.1) is 17.2 Å². The summed E-state index contributed by atoms with van der Waals surface area (Å²) in [4.78, 5) is 22.2. The van der Waals surface area contributed by atoms with E-state index in [1.807, 2.05) is 18.2 Å². The van der Waals surface area contributed by atoms with Crippen LogP contribution < -0.4 is 15.5 Å². The predicted octanol–water partition coefficient (Wildman–Crippen LogP) is 3.14. The number of hydrogen-bond donors (Lipinski definition) is 3. The topological polar surface area (TPSA) is 114 Å². The SMILES string of the molecule is CCCc1cc(N2CCC(CNC(=O)O)C2)nc(Nc2cccc(C#N)c2)n1. The van der Waals surface area contributed by atoms with Crippen molar-refractivity contribution in [3.05, 3.63) is 41.6 Å². The highest BCUT2D eigenvalue weighted by Gasteiger charge is 2.24. The van der Waals surface area contributed by atoms with Gasteiger partial charge in [-0.3, -0.25) is 0 Å². The Kier molecular flexibility index (Phi) is 6.27. The van der Waals surface area contributed by atoms with Crippen molar-refractivity contribution in [1.29, 1.82) is 5.26 Å². The van der Waals surface area contributed by atoms with Crippen LogP contribution in [-0.2, 0) is 6.42 Å². The summed E-state index contributed by atoms with van der Waals surface area (Å²) >= 11 is 0. The molecule has 0 bridgehead atoms. The quantitative estimate of drug-likeness (QED) is 0.676. The molecule has 8 nitrogen and oxygen atoms in total. The zero-order valence-corrected chi connectivity index (χ0v) is 15.9. The van der Waals surface area contributed by atoms with Crippen LogP contribution in [0.5, 0.6) is 0 Å². The molecule has 2 aromatic rings.